The molecule has 1 aliphatic heterocycles. The van der Waals surface area contributed by atoms with Gasteiger partial charge in [-0.05, 0) is 61.4 Å². The van der Waals surface area contributed by atoms with Crippen molar-refractivity contribution in [3.8, 4) is 0 Å². The molecule has 1 spiro atoms. The fourth-order valence-corrected chi connectivity index (χ4v) is 4.56. The minimum absolute atomic E-state index is 0.110. The monoisotopic (exact) mass is 411 g/mol. The van der Waals surface area contributed by atoms with Gasteiger partial charge in [0.2, 0.25) is 0 Å². The molecule has 0 atom stereocenters. The third-order valence-electron chi connectivity index (χ3n) is 6.08. The smallest absolute Gasteiger partial charge is 0.315 e. The molecule has 1 aliphatic carbocycles. The Labute approximate surface area is 176 Å². The molecule has 2 fully saturated rings. The number of hydrogen-bond acceptors (Lipinski definition) is 2. The zero-order valence-corrected chi connectivity index (χ0v) is 17.3. The van der Waals surface area contributed by atoms with Crippen molar-refractivity contribution in [3.05, 3.63) is 70.2 Å². The molecule has 0 unspecified atom stereocenters. The maximum absolute atomic E-state index is 12.7. The Morgan fingerprint density at radius 1 is 1.10 bits per heavy atom. The summed E-state index contributed by atoms with van der Waals surface area (Å²) >= 11 is 5.88. The van der Waals surface area contributed by atoms with Gasteiger partial charge in [-0.15, -0.1) is 0 Å². The first-order valence-electron chi connectivity index (χ1n) is 10.1. The van der Waals surface area contributed by atoms with Gasteiger partial charge < -0.3 is 15.5 Å². The summed E-state index contributed by atoms with van der Waals surface area (Å²) in [5.41, 5.74) is 3.08. The molecule has 6 heteroatoms. The minimum atomic E-state index is -0.148. The van der Waals surface area contributed by atoms with Crippen LogP contribution in [0.1, 0.15) is 40.7 Å². The summed E-state index contributed by atoms with van der Waals surface area (Å²) in [4.78, 5) is 26.8. The molecule has 2 aliphatic rings. The molecule has 152 valence electrons. The lowest BCUT2D eigenvalue weighted by atomic mass is 9.65. The summed E-state index contributed by atoms with van der Waals surface area (Å²) < 4.78 is 0. The Hall–Kier alpha value is -2.53. The molecule has 0 radical (unpaired) electrons. The average molecular weight is 412 g/mol. The van der Waals surface area contributed by atoms with Gasteiger partial charge in [0, 0.05) is 36.3 Å². The number of halogens is 1. The number of nitrogens with zero attached hydrogens (tertiary/aromatic N) is 1. The van der Waals surface area contributed by atoms with Gasteiger partial charge in [-0.2, -0.15) is 0 Å². The molecule has 3 amide bonds. The van der Waals surface area contributed by atoms with E-state index in [2.05, 4.69) is 10.6 Å². The van der Waals surface area contributed by atoms with Crippen molar-refractivity contribution >= 4 is 23.5 Å². The lowest BCUT2D eigenvalue weighted by Crippen LogP contribution is -2.54. The molecule has 29 heavy (non-hydrogen) atoms. The molecule has 2 aromatic carbocycles. The summed E-state index contributed by atoms with van der Waals surface area (Å²) in [5, 5.41) is 6.63. The Bertz CT molecular complexity index is 889. The van der Waals surface area contributed by atoms with E-state index in [1.54, 1.807) is 0 Å². The Morgan fingerprint density at radius 2 is 1.79 bits per heavy atom. The summed E-state index contributed by atoms with van der Waals surface area (Å²) in [7, 11) is 0. The van der Waals surface area contributed by atoms with Crippen LogP contribution in [0, 0.1) is 12.3 Å². The molecule has 1 saturated heterocycles. The van der Waals surface area contributed by atoms with Crippen LogP contribution < -0.4 is 10.6 Å². The van der Waals surface area contributed by atoms with E-state index >= 15 is 0 Å². The van der Waals surface area contributed by atoms with Crippen LogP contribution >= 0.6 is 11.6 Å². The summed E-state index contributed by atoms with van der Waals surface area (Å²) in [6.45, 7) is 4.07. The molecule has 2 aromatic rings. The van der Waals surface area contributed by atoms with Crippen LogP contribution in [-0.2, 0) is 6.54 Å². The van der Waals surface area contributed by atoms with E-state index in [0.717, 1.165) is 49.0 Å². The molecule has 4 rings (SSSR count). The van der Waals surface area contributed by atoms with Crippen molar-refractivity contribution < 1.29 is 9.59 Å². The number of carbonyl (C=O) groups is 2. The minimum Gasteiger partial charge on any atom is -0.338 e. The number of carbonyl (C=O) groups excluding carboxylic acids is 2. The molecular formula is C23H26ClN3O2. The van der Waals surface area contributed by atoms with E-state index in [-0.39, 0.29) is 23.4 Å². The van der Waals surface area contributed by atoms with Gasteiger partial charge in [0.25, 0.3) is 5.91 Å². The Morgan fingerprint density at radius 3 is 2.48 bits per heavy atom. The molecule has 1 saturated carbocycles. The van der Waals surface area contributed by atoms with Crippen LogP contribution in [0.15, 0.2) is 48.5 Å². The van der Waals surface area contributed by atoms with Gasteiger partial charge in [0.05, 0.1) is 0 Å². The Kier molecular flexibility index (Phi) is 5.50. The van der Waals surface area contributed by atoms with Crippen molar-refractivity contribution in [2.75, 3.05) is 13.1 Å². The fourth-order valence-electron chi connectivity index (χ4n) is 4.43. The lowest BCUT2D eigenvalue weighted by Gasteiger charge is -2.45. The van der Waals surface area contributed by atoms with Gasteiger partial charge >= 0.3 is 6.03 Å². The third-order valence-corrected chi connectivity index (χ3v) is 6.34. The number of amides is 3. The van der Waals surface area contributed by atoms with Crippen molar-refractivity contribution in [1.82, 2.24) is 15.5 Å². The molecule has 0 bridgehead atoms. The van der Waals surface area contributed by atoms with Gasteiger partial charge in [0.1, 0.15) is 0 Å². The van der Waals surface area contributed by atoms with Gasteiger partial charge in [-0.3, -0.25) is 4.79 Å². The number of aryl methyl sites for hydroxylation is 1. The SMILES string of the molecule is Cc1ccc(C(=O)N2CC[C@]3(C2)C[C@@H](NC(=O)NCc2ccc(Cl)cc2)C3)cc1. The van der Waals surface area contributed by atoms with E-state index in [1.807, 2.05) is 60.4 Å². The highest BCUT2D eigenvalue weighted by Crippen LogP contribution is 2.48. The number of rotatable bonds is 4. The van der Waals surface area contributed by atoms with E-state index in [1.165, 1.54) is 0 Å². The van der Waals surface area contributed by atoms with E-state index in [9.17, 15) is 9.59 Å². The van der Waals surface area contributed by atoms with Crippen LogP contribution in [0.3, 0.4) is 0 Å². The maximum atomic E-state index is 12.7. The summed E-state index contributed by atoms with van der Waals surface area (Å²) in [5.74, 6) is 0.110. The van der Waals surface area contributed by atoms with Crippen LogP contribution in [0.4, 0.5) is 4.79 Å². The van der Waals surface area contributed by atoms with Crippen LogP contribution in [0.25, 0.3) is 0 Å². The van der Waals surface area contributed by atoms with Gasteiger partial charge in [-0.25, -0.2) is 4.79 Å². The largest absolute Gasteiger partial charge is 0.338 e. The molecule has 2 N–H and O–H groups in total. The first kappa shape index (κ1) is 19.8. The number of nitrogens with one attached hydrogen (secondary N) is 2. The summed E-state index contributed by atoms with van der Waals surface area (Å²) in [6, 6.07) is 15.2. The van der Waals surface area contributed by atoms with Crippen LogP contribution in [-0.4, -0.2) is 36.0 Å². The predicted molar refractivity (Wildman–Crippen MR) is 114 cm³/mol. The van der Waals surface area contributed by atoms with Crippen molar-refractivity contribution in [1.29, 1.82) is 0 Å². The molecule has 1 heterocycles. The van der Waals surface area contributed by atoms with Crippen LogP contribution in [0.5, 0.6) is 0 Å². The number of likely N-dealkylation sites (tertiary alicyclic amines) is 1. The first-order chi connectivity index (χ1) is 13.9. The first-order valence-corrected chi connectivity index (χ1v) is 10.5. The topological polar surface area (TPSA) is 61.4 Å². The predicted octanol–water partition coefficient (Wildman–Crippen LogP) is 4.14. The second-order valence-corrected chi connectivity index (χ2v) is 8.84. The fraction of sp³-hybridized carbons (Fsp3) is 0.391. The second kappa shape index (κ2) is 8.07. The van der Waals surface area contributed by atoms with Gasteiger partial charge in [-0.1, -0.05) is 41.4 Å². The molecular weight excluding hydrogens is 386 g/mol. The quantitative estimate of drug-likeness (QED) is 0.794. The van der Waals surface area contributed by atoms with E-state index < -0.39 is 0 Å². The second-order valence-electron chi connectivity index (χ2n) is 8.40. The maximum Gasteiger partial charge on any atom is 0.315 e. The number of hydrogen-bond donors (Lipinski definition) is 2. The molecule has 0 aromatic heterocycles. The average Bonchev–Trinajstić information content (AvgIpc) is 3.13. The zero-order chi connectivity index (χ0) is 20.4. The number of urea groups is 1. The van der Waals surface area contributed by atoms with E-state index in [4.69, 9.17) is 11.6 Å². The van der Waals surface area contributed by atoms with E-state index in [0.29, 0.717) is 11.6 Å². The standard InChI is InChI=1S/C23H26ClN3O2/c1-16-2-6-18(7-3-16)21(28)27-11-10-23(15-27)12-20(13-23)26-22(29)25-14-17-4-8-19(24)9-5-17/h2-9,20H,10-15H2,1H3,(H2,25,26,29)/t20-,23+. The zero-order valence-electron chi connectivity index (χ0n) is 16.6. The lowest BCUT2D eigenvalue weighted by molar-refractivity contribution is 0.0671. The van der Waals surface area contributed by atoms with Crippen molar-refractivity contribution in [2.45, 2.75) is 38.8 Å². The number of benzene rings is 2. The van der Waals surface area contributed by atoms with Crippen LogP contribution in [0.2, 0.25) is 5.02 Å². The van der Waals surface area contributed by atoms with Crippen molar-refractivity contribution in [2.24, 2.45) is 5.41 Å². The van der Waals surface area contributed by atoms with Gasteiger partial charge in [0.15, 0.2) is 0 Å². The highest BCUT2D eigenvalue weighted by Gasteiger charge is 2.49. The summed E-state index contributed by atoms with van der Waals surface area (Å²) in [6.07, 6.45) is 2.87. The molecule has 5 nitrogen and oxygen atoms in total. The third kappa shape index (κ3) is 4.56. The highest BCUT2D eigenvalue weighted by molar-refractivity contribution is 6.30. The van der Waals surface area contributed by atoms with Crippen molar-refractivity contribution in [3.63, 3.8) is 0 Å². The normalized spacial score (nSPS) is 23.0. The Balaban J connectivity index is 1.22. The highest BCUT2D eigenvalue weighted by atomic mass is 35.5.